The van der Waals surface area contributed by atoms with E-state index in [4.69, 9.17) is 16.3 Å². The third kappa shape index (κ3) is 4.86. The second-order valence-electron chi connectivity index (χ2n) is 10.9. The Kier molecular flexibility index (Phi) is 7.35. The van der Waals surface area contributed by atoms with E-state index < -0.39 is 23.3 Å². The largest absolute Gasteiger partial charge is 0.487 e. The van der Waals surface area contributed by atoms with Crippen LogP contribution < -0.4 is 4.74 Å². The summed E-state index contributed by atoms with van der Waals surface area (Å²) in [5.41, 5.74) is 1.22. The van der Waals surface area contributed by atoms with Gasteiger partial charge < -0.3 is 19.6 Å². The monoisotopic (exact) mass is 543 g/mol. The fourth-order valence-electron chi connectivity index (χ4n) is 6.26. The molecule has 0 spiro atoms. The molecule has 38 heavy (non-hydrogen) atoms. The number of ether oxygens (including phenoxy) is 1. The molecule has 1 saturated heterocycles. The number of carboxylic acid groups (broad SMARTS) is 1. The fourth-order valence-corrected chi connectivity index (χ4v) is 6.52. The van der Waals surface area contributed by atoms with Gasteiger partial charge in [-0.3, -0.25) is 19.1 Å². The van der Waals surface area contributed by atoms with Gasteiger partial charge >= 0.3 is 5.97 Å². The number of fused-ring (bicyclic) bond motifs is 1. The molecule has 11 heteroatoms. The van der Waals surface area contributed by atoms with Crippen molar-refractivity contribution in [3.63, 3.8) is 0 Å². The summed E-state index contributed by atoms with van der Waals surface area (Å²) in [6.07, 6.45) is 6.16. The molecular formula is C27H34ClN5O5. The van der Waals surface area contributed by atoms with Crippen molar-refractivity contribution in [1.29, 1.82) is 0 Å². The second kappa shape index (κ2) is 10.6. The summed E-state index contributed by atoms with van der Waals surface area (Å²) in [6.45, 7) is 3.22. The minimum absolute atomic E-state index is 0.0571. The van der Waals surface area contributed by atoms with Gasteiger partial charge in [0.15, 0.2) is 0 Å². The Labute approximate surface area is 226 Å². The molecule has 2 aromatic rings. The summed E-state index contributed by atoms with van der Waals surface area (Å²) in [6, 6.07) is 3.10. The zero-order chi connectivity index (χ0) is 27.0. The fraction of sp³-hybridized carbons (Fsp3) is 0.593. The van der Waals surface area contributed by atoms with E-state index in [0.29, 0.717) is 61.8 Å². The molecule has 1 N–H and O–H groups in total. The highest BCUT2D eigenvalue weighted by Gasteiger charge is 2.50. The number of carbonyl (C=O) groups excluding carboxylic acids is 2. The van der Waals surface area contributed by atoms with E-state index in [0.717, 1.165) is 30.4 Å². The third-order valence-corrected chi connectivity index (χ3v) is 8.79. The molecule has 2 aliphatic heterocycles. The van der Waals surface area contributed by atoms with Gasteiger partial charge in [-0.2, -0.15) is 0 Å². The molecule has 5 rings (SSSR count). The van der Waals surface area contributed by atoms with Crippen LogP contribution in [0.1, 0.15) is 68.3 Å². The van der Waals surface area contributed by atoms with Crippen molar-refractivity contribution >= 4 is 29.4 Å². The number of likely N-dealkylation sites (tertiary alicyclic amines) is 1. The maximum absolute atomic E-state index is 14.2. The molecule has 10 nitrogen and oxygen atoms in total. The van der Waals surface area contributed by atoms with Gasteiger partial charge in [0.2, 0.25) is 11.8 Å². The van der Waals surface area contributed by atoms with Crippen LogP contribution in [0.25, 0.3) is 0 Å². The number of carbonyl (C=O) groups is 3. The van der Waals surface area contributed by atoms with Crippen molar-refractivity contribution in [1.82, 2.24) is 24.8 Å². The van der Waals surface area contributed by atoms with E-state index in [2.05, 4.69) is 10.3 Å². The number of amides is 2. The molecule has 1 aromatic carbocycles. The zero-order valence-corrected chi connectivity index (χ0v) is 22.6. The summed E-state index contributed by atoms with van der Waals surface area (Å²) in [7, 11) is 1.78. The number of hydrogen-bond acceptors (Lipinski definition) is 6. The number of halogens is 1. The van der Waals surface area contributed by atoms with Crippen molar-refractivity contribution in [3.8, 4) is 5.75 Å². The van der Waals surface area contributed by atoms with Gasteiger partial charge in [0.1, 0.15) is 18.1 Å². The summed E-state index contributed by atoms with van der Waals surface area (Å²) in [5.74, 6) is -1.10. The van der Waals surface area contributed by atoms with E-state index >= 15 is 0 Å². The Morgan fingerprint density at radius 1 is 1.21 bits per heavy atom. The molecule has 3 atom stereocenters. The van der Waals surface area contributed by atoms with Crippen molar-refractivity contribution in [3.05, 3.63) is 40.2 Å². The molecular weight excluding hydrogens is 510 g/mol. The van der Waals surface area contributed by atoms with Crippen LogP contribution in [0.4, 0.5) is 0 Å². The smallest absolute Gasteiger partial charge is 0.310 e. The maximum atomic E-state index is 14.2. The van der Waals surface area contributed by atoms with Crippen molar-refractivity contribution in [2.24, 2.45) is 18.4 Å². The molecule has 2 fully saturated rings. The van der Waals surface area contributed by atoms with E-state index in [1.807, 2.05) is 0 Å². The van der Waals surface area contributed by atoms with Crippen LogP contribution in [0.3, 0.4) is 0 Å². The molecule has 0 unspecified atom stereocenters. The van der Waals surface area contributed by atoms with Crippen LogP contribution in [0, 0.1) is 11.3 Å². The summed E-state index contributed by atoms with van der Waals surface area (Å²) >= 11 is 6.67. The van der Waals surface area contributed by atoms with E-state index in [-0.39, 0.29) is 18.4 Å². The van der Waals surface area contributed by atoms with Crippen LogP contribution in [-0.2, 0) is 34.5 Å². The highest BCUT2D eigenvalue weighted by atomic mass is 35.5. The number of aryl methyl sites for hydroxylation is 1. The Morgan fingerprint density at radius 2 is 2.03 bits per heavy atom. The first kappa shape index (κ1) is 26.5. The van der Waals surface area contributed by atoms with E-state index in [1.54, 1.807) is 46.8 Å². The summed E-state index contributed by atoms with van der Waals surface area (Å²) in [5, 5.41) is 18.7. The predicted molar refractivity (Wildman–Crippen MR) is 138 cm³/mol. The zero-order valence-electron chi connectivity index (χ0n) is 21.9. The minimum Gasteiger partial charge on any atom is -0.487 e. The number of hydrogen-bond donors (Lipinski definition) is 1. The summed E-state index contributed by atoms with van der Waals surface area (Å²) < 4.78 is 7.82. The van der Waals surface area contributed by atoms with Crippen molar-refractivity contribution in [2.45, 2.75) is 64.5 Å². The van der Waals surface area contributed by atoms with Crippen LogP contribution >= 0.6 is 11.6 Å². The van der Waals surface area contributed by atoms with Crippen molar-refractivity contribution in [2.75, 3.05) is 19.6 Å². The molecule has 1 aliphatic carbocycles. The molecule has 204 valence electrons. The lowest BCUT2D eigenvalue weighted by Gasteiger charge is -2.45. The van der Waals surface area contributed by atoms with Crippen LogP contribution in [-0.4, -0.2) is 67.3 Å². The molecule has 0 bridgehead atoms. The average Bonchev–Trinajstić information content (AvgIpc) is 3.50. The number of nitrogens with zero attached hydrogens (tertiary/aromatic N) is 5. The Balaban J connectivity index is 1.53. The predicted octanol–water partition coefficient (Wildman–Crippen LogP) is 3.38. The van der Waals surface area contributed by atoms with Gasteiger partial charge in [0.25, 0.3) is 0 Å². The SMILES string of the molecule is Cn1cc(COc2ccc(Cl)c3c2[C@@H](CN2CCCC2=O)N(C(=O)[C@@H]2CCCC[C@]2(C)C(=O)O)CC3)nn1. The highest BCUT2D eigenvalue weighted by molar-refractivity contribution is 6.31. The molecule has 1 aromatic heterocycles. The van der Waals surface area contributed by atoms with E-state index in [1.165, 1.54) is 0 Å². The Bertz CT molecular complexity index is 1250. The van der Waals surface area contributed by atoms with Gasteiger partial charge in [-0.05, 0) is 50.3 Å². The molecule has 1 saturated carbocycles. The number of aromatic nitrogens is 3. The van der Waals surface area contributed by atoms with Gasteiger partial charge in [0, 0.05) is 43.7 Å². The highest BCUT2D eigenvalue weighted by Crippen LogP contribution is 2.46. The number of carboxylic acids is 1. The average molecular weight is 544 g/mol. The normalized spacial score (nSPS) is 25.4. The van der Waals surface area contributed by atoms with Gasteiger partial charge in [-0.1, -0.05) is 29.7 Å². The van der Waals surface area contributed by atoms with Gasteiger partial charge in [-0.25, -0.2) is 0 Å². The Hall–Kier alpha value is -3.14. The molecule has 3 aliphatic rings. The molecule has 2 amide bonds. The van der Waals surface area contributed by atoms with Gasteiger partial charge in [-0.15, -0.1) is 5.10 Å². The summed E-state index contributed by atoms with van der Waals surface area (Å²) in [4.78, 5) is 42.8. The van der Waals surface area contributed by atoms with Gasteiger partial charge in [0.05, 0.1) is 23.6 Å². The quantitative estimate of drug-likeness (QED) is 0.568. The lowest BCUT2D eigenvalue weighted by atomic mass is 9.66. The standard InChI is InChI=1S/C27H34ClN5O5/c1-27(26(36)37)11-4-3-6-19(27)25(35)33-13-10-18-20(28)8-9-22(38-16-17-14-31(2)30-29-17)24(18)21(33)15-32-12-5-7-23(32)34/h8-9,14,19,21H,3-7,10-13,15-16H2,1-2H3,(H,36,37)/t19-,21+,27-/m0/s1. The first-order valence-electron chi connectivity index (χ1n) is 13.3. The Morgan fingerprint density at radius 3 is 2.71 bits per heavy atom. The van der Waals surface area contributed by atoms with Crippen molar-refractivity contribution < 1.29 is 24.2 Å². The van der Waals surface area contributed by atoms with Crippen LogP contribution in [0.15, 0.2) is 18.3 Å². The molecule has 0 radical (unpaired) electrons. The lowest BCUT2D eigenvalue weighted by Crippen LogP contribution is -2.52. The van der Waals surface area contributed by atoms with E-state index in [9.17, 15) is 19.5 Å². The minimum atomic E-state index is -1.12. The first-order chi connectivity index (χ1) is 18.2. The van der Waals surface area contributed by atoms with Crippen LogP contribution in [0.5, 0.6) is 5.75 Å². The number of rotatable bonds is 7. The maximum Gasteiger partial charge on any atom is 0.310 e. The third-order valence-electron chi connectivity index (χ3n) is 8.44. The topological polar surface area (TPSA) is 118 Å². The van der Waals surface area contributed by atoms with Crippen LogP contribution in [0.2, 0.25) is 5.02 Å². The lowest BCUT2D eigenvalue weighted by molar-refractivity contribution is -0.162. The second-order valence-corrected chi connectivity index (χ2v) is 11.3. The first-order valence-corrected chi connectivity index (χ1v) is 13.7. The number of benzene rings is 1. The molecule has 3 heterocycles. The number of aliphatic carboxylic acids is 1.